The SMILES string of the molecule is Cc1ccc(S(=O)(=O)O)c(CCC2C3=C(CC=CC3)CCc3ccccc32)c1. The third-order valence-corrected chi connectivity index (χ3v) is 7.02. The average Bonchev–Trinajstić information content (AvgIpc) is 2.82. The molecule has 0 heterocycles. The van der Waals surface area contributed by atoms with Gasteiger partial charge < -0.3 is 0 Å². The molecule has 2 aromatic carbocycles. The monoisotopic (exact) mass is 394 g/mol. The highest BCUT2D eigenvalue weighted by molar-refractivity contribution is 7.85. The van der Waals surface area contributed by atoms with Gasteiger partial charge in [0.05, 0.1) is 4.90 Å². The van der Waals surface area contributed by atoms with Crippen molar-refractivity contribution in [2.24, 2.45) is 0 Å². The lowest BCUT2D eigenvalue weighted by Crippen LogP contribution is -2.10. The predicted molar refractivity (Wildman–Crippen MR) is 112 cm³/mol. The zero-order valence-electron chi connectivity index (χ0n) is 16.2. The van der Waals surface area contributed by atoms with Crippen LogP contribution in [0.25, 0.3) is 0 Å². The molecule has 146 valence electrons. The first-order valence-electron chi connectivity index (χ1n) is 9.94. The van der Waals surface area contributed by atoms with Crippen molar-refractivity contribution in [3.63, 3.8) is 0 Å². The van der Waals surface area contributed by atoms with E-state index in [2.05, 4.69) is 36.4 Å². The van der Waals surface area contributed by atoms with Crippen LogP contribution in [0.1, 0.15) is 53.9 Å². The second kappa shape index (κ2) is 7.69. The Labute approximate surface area is 167 Å². The highest BCUT2D eigenvalue weighted by Gasteiger charge is 2.26. The topological polar surface area (TPSA) is 54.4 Å². The van der Waals surface area contributed by atoms with Gasteiger partial charge in [-0.2, -0.15) is 8.42 Å². The van der Waals surface area contributed by atoms with E-state index in [1.165, 1.54) is 22.8 Å². The van der Waals surface area contributed by atoms with Gasteiger partial charge in [-0.05, 0) is 68.2 Å². The smallest absolute Gasteiger partial charge is 0.282 e. The molecule has 0 saturated carbocycles. The molecule has 2 aliphatic rings. The summed E-state index contributed by atoms with van der Waals surface area (Å²) in [7, 11) is -4.22. The minimum atomic E-state index is -4.22. The first-order valence-corrected chi connectivity index (χ1v) is 11.4. The zero-order valence-corrected chi connectivity index (χ0v) is 17.0. The molecule has 0 saturated heterocycles. The Balaban J connectivity index is 1.71. The molecule has 3 nitrogen and oxygen atoms in total. The lowest BCUT2D eigenvalue weighted by Gasteiger charge is -2.25. The summed E-state index contributed by atoms with van der Waals surface area (Å²) in [6.07, 6.45) is 10.2. The molecule has 0 aromatic heterocycles. The van der Waals surface area contributed by atoms with Gasteiger partial charge in [-0.25, -0.2) is 0 Å². The van der Waals surface area contributed by atoms with Crippen LogP contribution in [0.2, 0.25) is 0 Å². The van der Waals surface area contributed by atoms with Crippen molar-refractivity contribution < 1.29 is 13.0 Å². The van der Waals surface area contributed by atoms with Crippen LogP contribution in [0.4, 0.5) is 0 Å². The van der Waals surface area contributed by atoms with Crippen molar-refractivity contribution in [3.8, 4) is 0 Å². The van der Waals surface area contributed by atoms with E-state index in [0.29, 0.717) is 17.9 Å². The van der Waals surface area contributed by atoms with E-state index in [1.54, 1.807) is 11.6 Å². The maximum absolute atomic E-state index is 11.8. The van der Waals surface area contributed by atoms with Gasteiger partial charge in [-0.15, -0.1) is 0 Å². The molecular formula is C24H26O3S. The molecule has 0 amide bonds. The molecule has 28 heavy (non-hydrogen) atoms. The molecule has 2 aliphatic carbocycles. The molecule has 2 aromatic rings. The maximum Gasteiger partial charge on any atom is 0.294 e. The van der Waals surface area contributed by atoms with Gasteiger partial charge in [0.25, 0.3) is 10.1 Å². The van der Waals surface area contributed by atoms with E-state index in [-0.39, 0.29) is 4.90 Å². The molecule has 0 radical (unpaired) electrons. The minimum absolute atomic E-state index is 0.0396. The summed E-state index contributed by atoms with van der Waals surface area (Å²) in [6.45, 7) is 1.95. The second-order valence-corrected chi connectivity index (χ2v) is 9.27. The van der Waals surface area contributed by atoms with Crippen molar-refractivity contribution in [2.75, 3.05) is 0 Å². The van der Waals surface area contributed by atoms with Crippen molar-refractivity contribution in [2.45, 2.75) is 56.3 Å². The lowest BCUT2D eigenvalue weighted by molar-refractivity contribution is 0.481. The van der Waals surface area contributed by atoms with E-state index in [9.17, 15) is 13.0 Å². The number of hydrogen-bond acceptors (Lipinski definition) is 2. The third kappa shape index (κ3) is 3.85. The first kappa shape index (κ1) is 19.2. The molecule has 0 fully saturated rings. The number of allylic oxidation sites excluding steroid dienone is 4. The Morgan fingerprint density at radius 2 is 1.82 bits per heavy atom. The normalized spacial score (nSPS) is 19.1. The standard InChI is InChI=1S/C24H26O3S/c1-17-10-15-24(28(25,26)27)20(16-17)13-14-23-21-8-4-2-6-18(21)11-12-19-7-3-5-9-22(19)23/h2-6,8,10,15-16,23H,7,9,11-14H2,1H3,(H,25,26,27). The Morgan fingerprint density at radius 1 is 1.04 bits per heavy atom. The maximum atomic E-state index is 11.8. The number of hydrogen-bond donors (Lipinski definition) is 1. The molecule has 4 rings (SSSR count). The van der Waals surface area contributed by atoms with Gasteiger partial charge >= 0.3 is 0 Å². The quantitative estimate of drug-likeness (QED) is 0.546. The van der Waals surface area contributed by atoms with Crippen LogP contribution in [0.5, 0.6) is 0 Å². The van der Waals surface area contributed by atoms with Crippen LogP contribution >= 0.6 is 0 Å². The van der Waals surface area contributed by atoms with E-state index in [0.717, 1.165) is 37.7 Å². The van der Waals surface area contributed by atoms with Crippen molar-refractivity contribution in [3.05, 3.63) is 88.0 Å². The zero-order chi connectivity index (χ0) is 19.7. The Kier molecular flexibility index (Phi) is 5.26. The molecule has 0 bridgehead atoms. The highest BCUT2D eigenvalue weighted by Crippen LogP contribution is 2.42. The average molecular weight is 395 g/mol. The van der Waals surface area contributed by atoms with Crippen molar-refractivity contribution in [1.82, 2.24) is 0 Å². The van der Waals surface area contributed by atoms with E-state index in [4.69, 9.17) is 0 Å². The van der Waals surface area contributed by atoms with Crippen molar-refractivity contribution in [1.29, 1.82) is 0 Å². The second-order valence-electron chi connectivity index (χ2n) is 7.88. The van der Waals surface area contributed by atoms with E-state index >= 15 is 0 Å². The molecule has 1 atom stereocenters. The van der Waals surface area contributed by atoms with Crippen LogP contribution < -0.4 is 0 Å². The van der Waals surface area contributed by atoms with E-state index in [1.807, 2.05) is 13.0 Å². The fourth-order valence-electron chi connectivity index (χ4n) is 4.72. The van der Waals surface area contributed by atoms with Crippen LogP contribution in [-0.2, 0) is 23.0 Å². The summed E-state index contributed by atoms with van der Waals surface area (Å²) >= 11 is 0. The Hall–Kier alpha value is -2.17. The van der Waals surface area contributed by atoms with Gasteiger partial charge in [-0.1, -0.05) is 65.3 Å². The molecule has 0 aliphatic heterocycles. The predicted octanol–water partition coefficient (Wildman–Crippen LogP) is 5.55. The van der Waals surface area contributed by atoms with Gasteiger partial charge in [-0.3, -0.25) is 4.55 Å². The number of aryl methyl sites for hydroxylation is 3. The molecule has 4 heteroatoms. The molecule has 1 N–H and O–H groups in total. The number of fused-ring (bicyclic) bond motifs is 1. The van der Waals surface area contributed by atoms with E-state index < -0.39 is 10.1 Å². The van der Waals surface area contributed by atoms with Gasteiger partial charge in [0.1, 0.15) is 0 Å². The fourth-order valence-corrected chi connectivity index (χ4v) is 5.45. The third-order valence-electron chi connectivity index (χ3n) is 6.07. The molecular weight excluding hydrogens is 368 g/mol. The van der Waals surface area contributed by atoms with Gasteiger partial charge in [0.2, 0.25) is 0 Å². The Morgan fingerprint density at radius 3 is 2.64 bits per heavy atom. The van der Waals surface area contributed by atoms with Crippen LogP contribution in [0.3, 0.4) is 0 Å². The van der Waals surface area contributed by atoms with Gasteiger partial charge in [0, 0.05) is 5.92 Å². The van der Waals surface area contributed by atoms with Crippen LogP contribution in [-0.4, -0.2) is 13.0 Å². The largest absolute Gasteiger partial charge is 0.294 e. The summed E-state index contributed by atoms with van der Waals surface area (Å²) in [5.41, 5.74) is 7.54. The van der Waals surface area contributed by atoms with Crippen LogP contribution in [0, 0.1) is 6.92 Å². The summed E-state index contributed by atoms with van der Waals surface area (Å²) < 4.78 is 33.3. The fraction of sp³-hybridized carbons (Fsp3) is 0.333. The molecule has 0 spiro atoms. The Bertz CT molecular complexity index is 1060. The van der Waals surface area contributed by atoms with Gasteiger partial charge in [0.15, 0.2) is 0 Å². The summed E-state index contributed by atoms with van der Waals surface area (Å²) in [4.78, 5) is 0.0396. The lowest BCUT2D eigenvalue weighted by atomic mass is 9.80. The summed E-state index contributed by atoms with van der Waals surface area (Å²) in [5.74, 6) is 0.299. The number of benzene rings is 2. The van der Waals surface area contributed by atoms with Crippen LogP contribution in [0.15, 0.2) is 70.7 Å². The summed E-state index contributed by atoms with van der Waals surface area (Å²) in [5, 5.41) is 0. The molecule has 1 unspecified atom stereocenters. The number of rotatable bonds is 4. The summed E-state index contributed by atoms with van der Waals surface area (Å²) in [6, 6.07) is 13.8. The minimum Gasteiger partial charge on any atom is -0.282 e. The van der Waals surface area contributed by atoms with Crippen molar-refractivity contribution >= 4 is 10.1 Å². The highest BCUT2D eigenvalue weighted by atomic mass is 32.2. The first-order chi connectivity index (χ1) is 13.4.